The summed E-state index contributed by atoms with van der Waals surface area (Å²) in [5.74, 6) is 0. The zero-order valence-electron chi connectivity index (χ0n) is 6.77. The SMILES string of the molecule is OB(O)CCNc1ccccc1. The molecule has 0 saturated heterocycles. The van der Waals surface area contributed by atoms with E-state index in [0.29, 0.717) is 12.9 Å². The fourth-order valence-corrected chi connectivity index (χ4v) is 0.902. The van der Waals surface area contributed by atoms with E-state index in [1.165, 1.54) is 0 Å². The Bertz CT molecular complexity index is 216. The lowest BCUT2D eigenvalue weighted by Crippen LogP contribution is -2.15. The van der Waals surface area contributed by atoms with E-state index >= 15 is 0 Å². The standard InChI is InChI=1S/C8H12BNO2/c11-9(12)6-7-10-8-4-2-1-3-5-8/h1-5,10-12H,6-7H2. The van der Waals surface area contributed by atoms with Crippen LogP contribution in [0.4, 0.5) is 5.69 Å². The number of para-hydroxylation sites is 1. The Morgan fingerprint density at radius 2 is 1.83 bits per heavy atom. The van der Waals surface area contributed by atoms with E-state index in [1.807, 2.05) is 30.3 Å². The van der Waals surface area contributed by atoms with Crippen LogP contribution in [0.3, 0.4) is 0 Å². The molecule has 0 heterocycles. The minimum atomic E-state index is -1.22. The van der Waals surface area contributed by atoms with Crippen LogP contribution in [0.15, 0.2) is 30.3 Å². The first kappa shape index (κ1) is 9.10. The molecular weight excluding hydrogens is 153 g/mol. The van der Waals surface area contributed by atoms with Gasteiger partial charge in [-0.15, -0.1) is 0 Å². The van der Waals surface area contributed by atoms with Crippen molar-refractivity contribution >= 4 is 12.8 Å². The van der Waals surface area contributed by atoms with E-state index in [1.54, 1.807) is 0 Å². The average molecular weight is 165 g/mol. The molecule has 0 saturated carbocycles. The second-order valence-electron chi connectivity index (χ2n) is 2.56. The molecule has 0 aliphatic rings. The molecule has 64 valence electrons. The molecule has 0 unspecified atom stereocenters. The summed E-state index contributed by atoms with van der Waals surface area (Å²) in [7, 11) is -1.22. The lowest BCUT2D eigenvalue weighted by molar-refractivity contribution is 0.407. The summed E-state index contributed by atoms with van der Waals surface area (Å²) in [6.07, 6.45) is 0.342. The third-order valence-corrected chi connectivity index (χ3v) is 1.51. The molecule has 0 aliphatic carbocycles. The highest BCUT2D eigenvalue weighted by Crippen LogP contribution is 2.04. The van der Waals surface area contributed by atoms with Gasteiger partial charge in [0.2, 0.25) is 0 Å². The Balaban J connectivity index is 2.25. The summed E-state index contributed by atoms with van der Waals surface area (Å²) in [5.41, 5.74) is 0.998. The van der Waals surface area contributed by atoms with Gasteiger partial charge in [0, 0.05) is 12.2 Å². The van der Waals surface area contributed by atoms with Crippen molar-refractivity contribution in [1.29, 1.82) is 0 Å². The summed E-state index contributed by atoms with van der Waals surface area (Å²) in [5, 5.41) is 20.1. The highest BCUT2D eigenvalue weighted by molar-refractivity contribution is 6.41. The van der Waals surface area contributed by atoms with Crippen molar-refractivity contribution in [2.24, 2.45) is 0 Å². The quantitative estimate of drug-likeness (QED) is 0.571. The first-order valence-electron chi connectivity index (χ1n) is 3.94. The summed E-state index contributed by atoms with van der Waals surface area (Å²) in [6, 6.07) is 9.66. The maximum atomic E-state index is 8.55. The van der Waals surface area contributed by atoms with Gasteiger partial charge in [0.05, 0.1) is 0 Å². The van der Waals surface area contributed by atoms with E-state index in [0.717, 1.165) is 5.69 Å². The molecule has 1 aromatic rings. The zero-order chi connectivity index (χ0) is 8.81. The van der Waals surface area contributed by atoms with Crippen molar-refractivity contribution in [2.45, 2.75) is 6.32 Å². The lowest BCUT2D eigenvalue weighted by atomic mass is 9.86. The summed E-state index contributed by atoms with van der Waals surface area (Å²) in [6.45, 7) is 0.571. The Hall–Kier alpha value is -0.995. The number of nitrogens with one attached hydrogen (secondary N) is 1. The molecule has 0 bridgehead atoms. The van der Waals surface area contributed by atoms with Crippen molar-refractivity contribution in [3.63, 3.8) is 0 Å². The van der Waals surface area contributed by atoms with Crippen LogP contribution in [-0.2, 0) is 0 Å². The van der Waals surface area contributed by atoms with Gasteiger partial charge in [-0.2, -0.15) is 0 Å². The second-order valence-corrected chi connectivity index (χ2v) is 2.56. The smallest absolute Gasteiger partial charge is 0.427 e. The van der Waals surface area contributed by atoms with Gasteiger partial charge in [-0.3, -0.25) is 0 Å². The predicted molar refractivity (Wildman–Crippen MR) is 49.9 cm³/mol. The van der Waals surface area contributed by atoms with E-state index in [9.17, 15) is 0 Å². The van der Waals surface area contributed by atoms with Gasteiger partial charge in [-0.25, -0.2) is 0 Å². The second kappa shape index (κ2) is 4.80. The van der Waals surface area contributed by atoms with Gasteiger partial charge in [-0.05, 0) is 18.5 Å². The van der Waals surface area contributed by atoms with Crippen molar-refractivity contribution in [2.75, 3.05) is 11.9 Å². The van der Waals surface area contributed by atoms with Crippen LogP contribution in [-0.4, -0.2) is 23.7 Å². The molecule has 0 aliphatic heterocycles. The molecule has 1 rings (SSSR count). The van der Waals surface area contributed by atoms with Crippen LogP contribution in [0.2, 0.25) is 6.32 Å². The molecule has 0 radical (unpaired) electrons. The van der Waals surface area contributed by atoms with Crippen LogP contribution in [0.1, 0.15) is 0 Å². The molecule has 3 nitrogen and oxygen atoms in total. The third kappa shape index (κ3) is 3.41. The Morgan fingerprint density at radius 3 is 2.42 bits per heavy atom. The Kier molecular flexibility index (Phi) is 3.64. The minimum absolute atomic E-state index is 0.342. The van der Waals surface area contributed by atoms with Crippen LogP contribution >= 0.6 is 0 Å². The number of hydrogen-bond acceptors (Lipinski definition) is 3. The molecule has 0 aromatic heterocycles. The van der Waals surface area contributed by atoms with Gasteiger partial charge >= 0.3 is 7.12 Å². The van der Waals surface area contributed by atoms with Crippen molar-refractivity contribution in [3.05, 3.63) is 30.3 Å². The molecule has 0 atom stereocenters. The van der Waals surface area contributed by atoms with Crippen LogP contribution < -0.4 is 5.32 Å². The number of rotatable bonds is 4. The van der Waals surface area contributed by atoms with Crippen molar-refractivity contribution in [3.8, 4) is 0 Å². The van der Waals surface area contributed by atoms with Gasteiger partial charge in [-0.1, -0.05) is 18.2 Å². The first-order chi connectivity index (χ1) is 5.79. The molecule has 0 fully saturated rings. The number of benzene rings is 1. The maximum Gasteiger partial charge on any atom is 0.453 e. The Morgan fingerprint density at radius 1 is 1.17 bits per heavy atom. The summed E-state index contributed by atoms with van der Waals surface area (Å²) < 4.78 is 0. The molecular formula is C8H12BNO2. The third-order valence-electron chi connectivity index (χ3n) is 1.51. The topological polar surface area (TPSA) is 52.5 Å². The molecule has 1 aromatic carbocycles. The van der Waals surface area contributed by atoms with Gasteiger partial charge in [0.25, 0.3) is 0 Å². The van der Waals surface area contributed by atoms with Crippen LogP contribution in [0.5, 0.6) is 0 Å². The fraction of sp³-hybridized carbons (Fsp3) is 0.250. The zero-order valence-corrected chi connectivity index (χ0v) is 6.77. The summed E-state index contributed by atoms with van der Waals surface area (Å²) in [4.78, 5) is 0. The van der Waals surface area contributed by atoms with Crippen LogP contribution in [0, 0.1) is 0 Å². The van der Waals surface area contributed by atoms with Crippen LogP contribution in [0.25, 0.3) is 0 Å². The summed E-state index contributed by atoms with van der Waals surface area (Å²) >= 11 is 0. The van der Waals surface area contributed by atoms with Gasteiger partial charge < -0.3 is 15.4 Å². The van der Waals surface area contributed by atoms with Crippen molar-refractivity contribution < 1.29 is 10.0 Å². The number of hydrogen-bond donors (Lipinski definition) is 3. The van der Waals surface area contributed by atoms with E-state index in [-0.39, 0.29) is 0 Å². The molecule has 0 spiro atoms. The monoisotopic (exact) mass is 165 g/mol. The van der Waals surface area contributed by atoms with Gasteiger partial charge in [0.1, 0.15) is 0 Å². The number of anilines is 1. The molecule has 0 amide bonds. The largest absolute Gasteiger partial charge is 0.453 e. The maximum absolute atomic E-state index is 8.55. The first-order valence-corrected chi connectivity index (χ1v) is 3.94. The Labute approximate surface area is 72.2 Å². The van der Waals surface area contributed by atoms with Gasteiger partial charge in [0.15, 0.2) is 0 Å². The highest BCUT2D eigenvalue weighted by Gasteiger charge is 2.04. The molecule has 4 heteroatoms. The lowest BCUT2D eigenvalue weighted by Gasteiger charge is -2.04. The van der Waals surface area contributed by atoms with E-state index in [2.05, 4.69) is 5.32 Å². The molecule has 12 heavy (non-hydrogen) atoms. The predicted octanol–water partition coefficient (Wildman–Crippen LogP) is 0.571. The van der Waals surface area contributed by atoms with E-state index < -0.39 is 7.12 Å². The normalized spacial score (nSPS) is 9.50. The molecule has 3 N–H and O–H groups in total. The van der Waals surface area contributed by atoms with E-state index in [4.69, 9.17) is 10.0 Å². The van der Waals surface area contributed by atoms with Crippen molar-refractivity contribution in [1.82, 2.24) is 0 Å². The average Bonchev–Trinajstić information content (AvgIpc) is 2.05. The highest BCUT2D eigenvalue weighted by atomic mass is 16.4. The fourth-order valence-electron chi connectivity index (χ4n) is 0.902. The minimum Gasteiger partial charge on any atom is -0.427 e.